The van der Waals surface area contributed by atoms with Gasteiger partial charge in [0.05, 0.1) is 16.0 Å². The van der Waals surface area contributed by atoms with E-state index in [-0.39, 0.29) is 24.8 Å². The molecule has 2 amide bonds. The molecule has 3 rings (SSSR count). The van der Waals surface area contributed by atoms with Crippen LogP contribution in [0, 0.1) is 5.82 Å². The molecule has 1 unspecified atom stereocenters. The van der Waals surface area contributed by atoms with E-state index in [1.54, 1.807) is 25.2 Å². The van der Waals surface area contributed by atoms with Crippen molar-refractivity contribution >= 4 is 40.7 Å². The molecule has 0 aliphatic carbocycles. The number of nitrogens with one attached hydrogen (secondary N) is 1. The summed E-state index contributed by atoms with van der Waals surface area (Å²) in [6.45, 7) is 0.257. The third-order valence-corrected chi connectivity index (χ3v) is 5.03. The summed E-state index contributed by atoms with van der Waals surface area (Å²) in [7, 11) is 1.63. The molecular formula is C18H15Cl2FN2O2. The number of amides is 2. The number of fused-ring (bicyclic) bond motifs is 1. The molecular weight excluding hydrogens is 366 g/mol. The van der Waals surface area contributed by atoms with E-state index in [1.165, 1.54) is 23.1 Å². The summed E-state index contributed by atoms with van der Waals surface area (Å²) in [5.41, 5.74) is 1.66. The minimum Gasteiger partial charge on any atom is -0.341 e. The summed E-state index contributed by atoms with van der Waals surface area (Å²) < 4.78 is 13.4. The van der Waals surface area contributed by atoms with Gasteiger partial charge in [0.2, 0.25) is 11.8 Å². The molecule has 7 heteroatoms. The summed E-state index contributed by atoms with van der Waals surface area (Å²) >= 11 is 12.2. The van der Waals surface area contributed by atoms with Crippen LogP contribution >= 0.6 is 23.2 Å². The van der Waals surface area contributed by atoms with Gasteiger partial charge in [-0.1, -0.05) is 41.4 Å². The van der Waals surface area contributed by atoms with Crippen LogP contribution < -0.4 is 5.32 Å². The van der Waals surface area contributed by atoms with Gasteiger partial charge >= 0.3 is 0 Å². The molecule has 130 valence electrons. The highest BCUT2D eigenvalue weighted by atomic mass is 35.5. The fraction of sp³-hybridized carbons (Fsp3) is 0.222. The fourth-order valence-corrected chi connectivity index (χ4v) is 3.31. The number of hydrogen-bond donors (Lipinski definition) is 1. The molecule has 2 aromatic rings. The Hall–Kier alpha value is -2.11. The first kappa shape index (κ1) is 17.7. The number of hydrogen-bond acceptors (Lipinski definition) is 2. The fourth-order valence-electron chi connectivity index (χ4n) is 2.93. The van der Waals surface area contributed by atoms with Crippen LogP contribution in [-0.2, 0) is 16.1 Å². The topological polar surface area (TPSA) is 49.4 Å². The second-order valence-corrected chi connectivity index (χ2v) is 6.73. The van der Waals surface area contributed by atoms with E-state index in [1.807, 2.05) is 0 Å². The molecule has 0 radical (unpaired) electrons. The third kappa shape index (κ3) is 3.62. The van der Waals surface area contributed by atoms with Gasteiger partial charge in [0.15, 0.2) is 0 Å². The Morgan fingerprint density at radius 2 is 2.08 bits per heavy atom. The van der Waals surface area contributed by atoms with Crippen molar-refractivity contribution in [1.29, 1.82) is 0 Å². The van der Waals surface area contributed by atoms with Crippen LogP contribution in [0.3, 0.4) is 0 Å². The summed E-state index contributed by atoms with van der Waals surface area (Å²) in [5, 5.41) is 3.41. The molecule has 2 aromatic carbocycles. The smallest absolute Gasteiger partial charge is 0.230 e. The van der Waals surface area contributed by atoms with Crippen LogP contribution in [0.4, 0.5) is 10.1 Å². The average Bonchev–Trinajstić information content (AvgIpc) is 2.57. The van der Waals surface area contributed by atoms with Crippen molar-refractivity contribution < 1.29 is 14.0 Å². The Kier molecular flexibility index (Phi) is 4.97. The van der Waals surface area contributed by atoms with Gasteiger partial charge in [-0.25, -0.2) is 4.39 Å². The summed E-state index contributed by atoms with van der Waals surface area (Å²) in [6.07, 6.45) is 0.0189. The Labute approximate surface area is 154 Å². The lowest BCUT2D eigenvalue weighted by Gasteiger charge is -2.29. The van der Waals surface area contributed by atoms with Gasteiger partial charge in [-0.3, -0.25) is 9.59 Å². The van der Waals surface area contributed by atoms with E-state index < -0.39 is 11.7 Å². The number of carbonyl (C=O) groups excluding carboxylic acids is 2. The molecule has 1 aliphatic rings. The lowest BCUT2D eigenvalue weighted by molar-refractivity contribution is -0.134. The van der Waals surface area contributed by atoms with E-state index >= 15 is 0 Å². The van der Waals surface area contributed by atoms with Gasteiger partial charge in [0, 0.05) is 25.7 Å². The molecule has 1 heterocycles. The molecule has 0 saturated carbocycles. The van der Waals surface area contributed by atoms with Crippen molar-refractivity contribution in [1.82, 2.24) is 4.90 Å². The SMILES string of the molecule is CN(Cc1cccc(Cl)c1Cl)C(=O)C1CC(=O)Nc2cc(F)ccc21. The Morgan fingerprint density at radius 1 is 1.32 bits per heavy atom. The van der Waals surface area contributed by atoms with E-state index in [0.29, 0.717) is 26.9 Å². The number of nitrogens with zero attached hydrogens (tertiary/aromatic N) is 1. The molecule has 1 atom stereocenters. The van der Waals surface area contributed by atoms with Crippen LogP contribution in [0.2, 0.25) is 10.0 Å². The van der Waals surface area contributed by atoms with Gasteiger partial charge in [-0.2, -0.15) is 0 Å². The molecule has 1 N–H and O–H groups in total. The highest BCUT2D eigenvalue weighted by molar-refractivity contribution is 6.42. The highest BCUT2D eigenvalue weighted by Crippen LogP contribution is 2.34. The summed E-state index contributed by atoms with van der Waals surface area (Å²) in [4.78, 5) is 26.3. The van der Waals surface area contributed by atoms with Crippen molar-refractivity contribution in [2.24, 2.45) is 0 Å². The average molecular weight is 381 g/mol. The zero-order valence-electron chi connectivity index (χ0n) is 13.4. The van der Waals surface area contributed by atoms with E-state index in [9.17, 15) is 14.0 Å². The van der Waals surface area contributed by atoms with Crippen LogP contribution in [-0.4, -0.2) is 23.8 Å². The zero-order chi connectivity index (χ0) is 18.1. The molecule has 0 spiro atoms. The van der Waals surface area contributed by atoms with Crippen molar-refractivity contribution in [3.8, 4) is 0 Å². The van der Waals surface area contributed by atoms with Crippen molar-refractivity contribution in [2.45, 2.75) is 18.9 Å². The molecule has 4 nitrogen and oxygen atoms in total. The van der Waals surface area contributed by atoms with Gasteiger partial charge in [-0.05, 0) is 29.3 Å². The Balaban J connectivity index is 1.85. The molecule has 0 fully saturated rings. The zero-order valence-corrected chi connectivity index (χ0v) is 14.9. The lowest BCUT2D eigenvalue weighted by Crippen LogP contribution is -2.36. The minimum absolute atomic E-state index is 0.0189. The van der Waals surface area contributed by atoms with Crippen LogP contribution in [0.1, 0.15) is 23.5 Å². The van der Waals surface area contributed by atoms with E-state index in [2.05, 4.69) is 5.32 Å². The standard InChI is InChI=1S/C18H15Cl2FN2O2/c1-23(9-10-3-2-4-14(19)17(10)20)18(25)13-8-16(24)22-15-7-11(21)5-6-12(13)15/h2-7,13H,8-9H2,1H3,(H,22,24). The second kappa shape index (κ2) is 7.02. The van der Waals surface area contributed by atoms with Crippen molar-refractivity contribution in [3.63, 3.8) is 0 Å². The molecule has 1 aliphatic heterocycles. The predicted molar refractivity (Wildman–Crippen MR) is 95.3 cm³/mol. The number of halogens is 3. The van der Waals surface area contributed by atoms with Gasteiger partial charge in [0.25, 0.3) is 0 Å². The first-order valence-corrected chi connectivity index (χ1v) is 8.39. The number of anilines is 1. The largest absolute Gasteiger partial charge is 0.341 e. The predicted octanol–water partition coefficient (Wildman–Crippen LogP) is 4.22. The monoisotopic (exact) mass is 380 g/mol. The van der Waals surface area contributed by atoms with Crippen molar-refractivity contribution in [2.75, 3.05) is 12.4 Å². The van der Waals surface area contributed by atoms with Crippen LogP contribution in [0.25, 0.3) is 0 Å². The molecule has 0 bridgehead atoms. The van der Waals surface area contributed by atoms with Gasteiger partial charge < -0.3 is 10.2 Å². The quantitative estimate of drug-likeness (QED) is 0.866. The first-order valence-electron chi connectivity index (χ1n) is 7.64. The Bertz CT molecular complexity index is 857. The van der Waals surface area contributed by atoms with E-state index in [4.69, 9.17) is 23.2 Å². The van der Waals surface area contributed by atoms with Crippen LogP contribution in [0.15, 0.2) is 36.4 Å². The normalized spacial score (nSPS) is 16.2. The maximum absolute atomic E-state index is 13.4. The number of likely N-dealkylation sites (N-methyl/N-ethyl adjacent to an activating group) is 1. The molecule has 25 heavy (non-hydrogen) atoms. The number of carbonyl (C=O) groups is 2. The molecule has 0 aromatic heterocycles. The van der Waals surface area contributed by atoms with Crippen LogP contribution in [0.5, 0.6) is 0 Å². The second-order valence-electron chi connectivity index (χ2n) is 5.94. The molecule has 0 saturated heterocycles. The van der Waals surface area contributed by atoms with E-state index in [0.717, 1.165) is 0 Å². The lowest BCUT2D eigenvalue weighted by atomic mass is 9.89. The number of rotatable bonds is 3. The number of benzene rings is 2. The van der Waals surface area contributed by atoms with Gasteiger partial charge in [-0.15, -0.1) is 0 Å². The first-order chi connectivity index (χ1) is 11.9. The highest BCUT2D eigenvalue weighted by Gasteiger charge is 2.32. The van der Waals surface area contributed by atoms with Crippen molar-refractivity contribution in [3.05, 3.63) is 63.4 Å². The maximum Gasteiger partial charge on any atom is 0.230 e. The Morgan fingerprint density at radius 3 is 2.84 bits per heavy atom. The minimum atomic E-state index is -0.660. The third-order valence-electron chi connectivity index (χ3n) is 4.17. The van der Waals surface area contributed by atoms with Gasteiger partial charge in [0.1, 0.15) is 5.82 Å². The summed E-state index contributed by atoms with van der Waals surface area (Å²) in [6, 6.07) is 9.26. The summed E-state index contributed by atoms with van der Waals surface area (Å²) in [5.74, 6) is -1.68. The maximum atomic E-state index is 13.4.